The van der Waals surface area contributed by atoms with E-state index in [1.54, 1.807) is 0 Å². The van der Waals surface area contributed by atoms with Crippen molar-refractivity contribution in [3.8, 4) is 0 Å². The fraction of sp³-hybridized carbons (Fsp3) is 0.500. The molecule has 1 heterocycles. The lowest BCUT2D eigenvalue weighted by atomic mass is 10.0. The zero-order valence-electron chi connectivity index (χ0n) is 9.97. The fourth-order valence-electron chi connectivity index (χ4n) is 2.22. The van der Waals surface area contributed by atoms with Gasteiger partial charge in [-0.1, -0.05) is 6.07 Å². The Labute approximate surface area is 107 Å². The van der Waals surface area contributed by atoms with Gasteiger partial charge in [0.2, 0.25) is 0 Å². The molecule has 7 heteroatoms. The Kier molecular flexibility index (Phi) is 4.36. The van der Waals surface area contributed by atoms with Crippen molar-refractivity contribution in [2.24, 2.45) is 0 Å². The third-order valence-electron chi connectivity index (χ3n) is 3.17. The molecule has 2 rings (SSSR count). The Bertz CT molecular complexity index is 446. The van der Waals surface area contributed by atoms with Crippen LogP contribution >= 0.6 is 0 Å². The van der Waals surface area contributed by atoms with Crippen LogP contribution in [0.5, 0.6) is 0 Å². The van der Waals surface area contributed by atoms with Crippen molar-refractivity contribution in [2.45, 2.75) is 12.5 Å². The molecular formula is C12H13F5N2. The Balaban J connectivity index is 2.36. The molecular weight excluding hydrogens is 267 g/mol. The van der Waals surface area contributed by atoms with Gasteiger partial charge in [-0.05, 0) is 6.07 Å². The highest BCUT2D eigenvalue weighted by Crippen LogP contribution is 2.31. The molecule has 0 saturated carbocycles. The van der Waals surface area contributed by atoms with Crippen LogP contribution < -0.4 is 5.32 Å². The number of benzene rings is 1. The Hall–Kier alpha value is -1.21. The molecule has 1 aliphatic rings. The largest absolute Gasteiger partial charge is 0.314 e. The first-order valence-electron chi connectivity index (χ1n) is 5.88. The number of piperazine rings is 1. The van der Waals surface area contributed by atoms with E-state index < -0.39 is 35.5 Å². The summed E-state index contributed by atoms with van der Waals surface area (Å²) < 4.78 is 65.9. The molecule has 2 nitrogen and oxygen atoms in total. The summed E-state index contributed by atoms with van der Waals surface area (Å²) in [7, 11) is 0. The van der Waals surface area contributed by atoms with E-state index in [2.05, 4.69) is 5.32 Å². The molecule has 19 heavy (non-hydrogen) atoms. The molecule has 0 aromatic heterocycles. The van der Waals surface area contributed by atoms with Crippen LogP contribution in [0, 0.1) is 17.5 Å². The SMILES string of the molecule is Fc1ccc([C@@H](C(F)F)N2CCNCC2)c(F)c1F. The van der Waals surface area contributed by atoms with E-state index in [1.165, 1.54) is 4.90 Å². The molecule has 0 spiro atoms. The summed E-state index contributed by atoms with van der Waals surface area (Å²) in [6.45, 7) is 1.59. The molecule has 106 valence electrons. The fourth-order valence-corrected chi connectivity index (χ4v) is 2.22. The van der Waals surface area contributed by atoms with Gasteiger partial charge in [-0.3, -0.25) is 4.90 Å². The average molecular weight is 280 g/mol. The molecule has 1 N–H and O–H groups in total. The van der Waals surface area contributed by atoms with E-state index in [1.807, 2.05) is 0 Å². The van der Waals surface area contributed by atoms with Gasteiger partial charge < -0.3 is 5.32 Å². The maximum Gasteiger partial charge on any atom is 0.258 e. The maximum atomic E-state index is 13.6. The van der Waals surface area contributed by atoms with Crippen molar-refractivity contribution in [3.63, 3.8) is 0 Å². The van der Waals surface area contributed by atoms with Crippen LogP contribution in [0.3, 0.4) is 0 Å². The first-order valence-corrected chi connectivity index (χ1v) is 5.88. The molecule has 0 bridgehead atoms. The zero-order chi connectivity index (χ0) is 14.0. The molecule has 0 unspecified atom stereocenters. The third-order valence-corrected chi connectivity index (χ3v) is 3.17. The molecule has 1 aromatic rings. The smallest absolute Gasteiger partial charge is 0.258 e. The monoisotopic (exact) mass is 280 g/mol. The molecule has 1 aromatic carbocycles. The lowest BCUT2D eigenvalue weighted by Gasteiger charge is -2.34. The van der Waals surface area contributed by atoms with Gasteiger partial charge >= 0.3 is 0 Å². The van der Waals surface area contributed by atoms with Gasteiger partial charge in [-0.25, -0.2) is 22.0 Å². The number of rotatable bonds is 3. The van der Waals surface area contributed by atoms with Gasteiger partial charge in [0.15, 0.2) is 17.5 Å². The van der Waals surface area contributed by atoms with Crippen molar-refractivity contribution in [2.75, 3.05) is 26.2 Å². The van der Waals surface area contributed by atoms with Gasteiger partial charge in [0.25, 0.3) is 6.43 Å². The average Bonchev–Trinajstić information content (AvgIpc) is 2.40. The van der Waals surface area contributed by atoms with Gasteiger partial charge in [-0.2, -0.15) is 0 Å². The molecule has 1 saturated heterocycles. The van der Waals surface area contributed by atoms with Crippen molar-refractivity contribution in [1.82, 2.24) is 10.2 Å². The molecule has 0 aliphatic carbocycles. The minimum absolute atomic E-state index is 0.299. The second-order valence-corrected chi connectivity index (χ2v) is 4.33. The van der Waals surface area contributed by atoms with Crippen LogP contribution in [0.15, 0.2) is 12.1 Å². The van der Waals surface area contributed by atoms with Gasteiger partial charge in [0, 0.05) is 31.7 Å². The number of hydrogen-bond donors (Lipinski definition) is 1. The van der Waals surface area contributed by atoms with Crippen LogP contribution in [0.4, 0.5) is 22.0 Å². The van der Waals surface area contributed by atoms with E-state index in [4.69, 9.17) is 0 Å². The lowest BCUT2D eigenvalue weighted by Crippen LogP contribution is -2.47. The van der Waals surface area contributed by atoms with Crippen LogP contribution in [-0.4, -0.2) is 37.5 Å². The standard InChI is InChI=1S/C12H13F5N2/c13-8-2-1-7(9(14)10(8)15)11(12(16)17)19-5-3-18-4-6-19/h1-2,11-12,18H,3-6H2/t11-/m0/s1. The molecule has 0 radical (unpaired) electrons. The number of hydrogen-bond acceptors (Lipinski definition) is 2. The summed E-state index contributed by atoms with van der Waals surface area (Å²) in [5, 5.41) is 2.98. The van der Waals surface area contributed by atoms with E-state index in [0.717, 1.165) is 6.07 Å². The van der Waals surface area contributed by atoms with Crippen LogP contribution in [0.2, 0.25) is 0 Å². The van der Waals surface area contributed by atoms with Crippen molar-refractivity contribution in [3.05, 3.63) is 35.1 Å². The maximum absolute atomic E-state index is 13.6. The quantitative estimate of drug-likeness (QED) is 0.675. The second-order valence-electron chi connectivity index (χ2n) is 4.33. The van der Waals surface area contributed by atoms with Gasteiger partial charge in [0.05, 0.1) is 6.04 Å². The van der Waals surface area contributed by atoms with E-state index >= 15 is 0 Å². The van der Waals surface area contributed by atoms with Gasteiger partial charge in [0.1, 0.15) is 0 Å². The topological polar surface area (TPSA) is 15.3 Å². The highest BCUT2D eigenvalue weighted by molar-refractivity contribution is 5.24. The van der Waals surface area contributed by atoms with E-state index in [-0.39, 0.29) is 0 Å². The highest BCUT2D eigenvalue weighted by atomic mass is 19.3. The van der Waals surface area contributed by atoms with Crippen molar-refractivity contribution < 1.29 is 22.0 Å². The number of nitrogens with one attached hydrogen (secondary N) is 1. The summed E-state index contributed by atoms with van der Waals surface area (Å²) in [5.74, 6) is -4.63. The zero-order valence-corrected chi connectivity index (χ0v) is 9.97. The minimum atomic E-state index is -2.88. The normalized spacial score (nSPS) is 18.8. The van der Waals surface area contributed by atoms with Crippen molar-refractivity contribution >= 4 is 0 Å². The second kappa shape index (κ2) is 5.83. The molecule has 1 atom stereocenters. The Morgan fingerprint density at radius 2 is 1.63 bits per heavy atom. The summed E-state index contributed by atoms with van der Waals surface area (Å²) in [6.07, 6.45) is -2.88. The first-order chi connectivity index (χ1) is 9.02. The Morgan fingerprint density at radius 1 is 1.00 bits per heavy atom. The van der Waals surface area contributed by atoms with Crippen LogP contribution in [0.25, 0.3) is 0 Å². The summed E-state index contributed by atoms with van der Waals surface area (Å²) in [5.41, 5.74) is -0.504. The van der Waals surface area contributed by atoms with Gasteiger partial charge in [-0.15, -0.1) is 0 Å². The van der Waals surface area contributed by atoms with Crippen LogP contribution in [-0.2, 0) is 0 Å². The van der Waals surface area contributed by atoms with E-state index in [9.17, 15) is 22.0 Å². The number of halogens is 5. The predicted octanol–water partition coefficient (Wildman–Crippen LogP) is 2.32. The summed E-state index contributed by atoms with van der Waals surface area (Å²) in [4.78, 5) is 1.37. The summed E-state index contributed by atoms with van der Waals surface area (Å²) >= 11 is 0. The minimum Gasteiger partial charge on any atom is -0.314 e. The summed E-state index contributed by atoms with van der Waals surface area (Å²) in [6, 6.07) is -0.00465. The molecule has 1 aliphatic heterocycles. The van der Waals surface area contributed by atoms with Crippen molar-refractivity contribution in [1.29, 1.82) is 0 Å². The van der Waals surface area contributed by atoms with E-state index in [0.29, 0.717) is 32.2 Å². The number of nitrogens with zero attached hydrogens (tertiary/aromatic N) is 1. The van der Waals surface area contributed by atoms with Crippen LogP contribution in [0.1, 0.15) is 11.6 Å². The first kappa shape index (κ1) is 14.2. The molecule has 0 amide bonds. The Morgan fingerprint density at radius 3 is 2.21 bits per heavy atom. The predicted molar refractivity (Wildman–Crippen MR) is 59.5 cm³/mol. The number of alkyl halides is 2. The molecule has 1 fully saturated rings. The third kappa shape index (κ3) is 2.87. The lowest BCUT2D eigenvalue weighted by molar-refractivity contribution is 0.0160. The highest BCUT2D eigenvalue weighted by Gasteiger charge is 2.33.